The Labute approximate surface area is 275 Å². The standard InChI is InChI=1S/C36H67O8P/c1-4-6-8-10-12-14-16-18-20-22-24-26-28-30-35(37)42-32-34(33-43-45(39,40)41-3)44-36(38)31-29-27-25-23-21-19-17-15-13-11-9-7-5-2/h9,11,15,17,34H,4-8,10,12-14,16,18-33H2,1-3H3,(H,39,40)/b11-9-,17-15-. The number of ether oxygens (including phenoxy) is 2. The second kappa shape index (κ2) is 32.5. The first-order valence-corrected chi connectivity index (χ1v) is 19.5. The van der Waals surface area contributed by atoms with Gasteiger partial charge in [0, 0.05) is 20.0 Å². The SMILES string of the molecule is CCC/C=C\C/C=C\CCCCCCCC(=O)OC(COC(=O)CCCCCCCCCCCCCCC)COP(=O)(O)OC. The minimum atomic E-state index is -4.25. The maximum absolute atomic E-state index is 12.4. The van der Waals surface area contributed by atoms with Gasteiger partial charge in [-0.3, -0.25) is 18.6 Å². The van der Waals surface area contributed by atoms with Gasteiger partial charge in [-0.1, -0.05) is 141 Å². The molecular formula is C36H67O8P. The predicted molar refractivity (Wildman–Crippen MR) is 184 cm³/mol. The molecule has 0 aliphatic carbocycles. The Kier molecular flexibility index (Phi) is 31.4. The van der Waals surface area contributed by atoms with E-state index in [1.54, 1.807) is 0 Å². The molecule has 0 saturated heterocycles. The second-order valence-electron chi connectivity index (χ2n) is 12.0. The fraction of sp³-hybridized carbons (Fsp3) is 0.833. The van der Waals surface area contributed by atoms with Crippen LogP contribution in [0.4, 0.5) is 0 Å². The molecule has 0 heterocycles. The Balaban J connectivity index is 4.10. The molecule has 45 heavy (non-hydrogen) atoms. The summed E-state index contributed by atoms with van der Waals surface area (Å²) in [7, 11) is -3.20. The van der Waals surface area contributed by atoms with Gasteiger partial charge in [0.05, 0.1) is 6.61 Å². The molecule has 0 bridgehead atoms. The van der Waals surface area contributed by atoms with E-state index in [0.717, 1.165) is 71.3 Å². The summed E-state index contributed by atoms with van der Waals surface area (Å²) >= 11 is 0. The molecule has 0 aliphatic heterocycles. The molecule has 0 aliphatic rings. The van der Waals surface area contributed by atoms with Crippen LogP contribution in [0.5, 0.6) is 0 Å². The first kappa shape index (κ1) is 43.5. The topological polar surface area (TPSA) is 108 Å². The molecule has 1 N–H and O–H groups in total. The fourth-order valence-corrected chi connectivity index (χ4v) is 5.33. The zero-order chi connectivity index (χ0) is 33.3. The summed E-state index contributed by atoms with van der Waals surface area (Å²) in [6.45, 7) is 3.80. The summed E-state index contributed by atoms with van der Waals surface area (Å²) in [5, 5.41) is 0. The van der Waals surface area contributed by atoms with Crippen molar-refractivity contribution in [2.75, 3.05) is 20.3 Å². The number of hydrogen-bond acceptors (Lipinski definition) is 7. The fourth-order valence-electron chi connectivity index (χ4n) is 4.87. The van der Waals surface area contributed by atoms with Crippen molar-refractivity contribution >= 4 is 19.8 Å². The van der Waals surface area contributed by atoms with E-state index < -0.39 is 26.5 Å². The van der Waals surface area contributed by atoms with Gasteiger partial charge >= 0.3 is 19.8 Å². The van der Waals surface area contributed by atoms with Gasteiger partial charge in [0.25, 0.3) is 0 Å². The van der Waals surface area contributed by atoms with Crippen molar-refractivity contribution in [2.45, 2.75) is 174 Å². The average molecular weight is 659 g/mol. The van der Waals surface area contributed by atoms with Crippen LogP contribution in [0.3, 0.4) is 0 Å². The minimum absolute atomic E-state index is 0.228. The molecule has 9 heteroatoms. The number of carbonyl (C=O) groups excluding carboxylic acids is 2. The summed E-state index contributed by atoms with van der Waals surface area (Å²) < 4.78 is 31.8. The molecule has 0 aromatic carbocycles. The van der Waals surface area contributed by atoms with Crippen molar-refractivity contribution in [3.8, 4) is 0 Å². The van der Waals surface area contributed by atoms with Gasteiger partial charge in [-0.15, -0.1) is 0 Å². The number of unbranched alkanes of at least 4 members (excludes halogenated alkanes) is 18. The zero-order valence-electron chi connectivity index (χ0n) is 29.0. The van der Waals surface area contributed by atoms with E-state index in [1.165, 1.54) is 70.6 Å². The number of phosphoric ester groups is 1. The molecule has 0 fully saturated rings. The zero-order valence-corrected chi connectivity index (χ0v) is 29.9. The van der Waals surface area contributed by atoms with Crippen molar-refractivity contribution in [1.82, 2.24) is 0 Å². The summed E-state index contributed by atoms with van der Waals surface area (Å²) in [5.74, 6) is -0.818. The average Bonchev–Trinajstić information content (AvgIpc) is 3.03. The lowest BCUT2D eigenvalue weighted by molar-refractivity contribution is -0.161. The van der Waals surface area contributed by atoms with Crippen LogP contribution < -0.4 is 0 Å². The molecule has 0 rings (SSSR count). The van der Waals surface area contributed by atoms with Crippen LogP contribution in [0.25, 0.3) is 0 Å². The van der Waals surface area contributed by atoms with Gasteiger partial charge in [0.2, 0.25) is 0 Å². The van der Waals surface area contributed by atoms with E-state index in [-0.39, 0.29) is 19.0 Å². The van der Waals surface area contributed by atoms with Crippen molar-refractivity contribution in [3.05, 3.63) is 24.3 Å². The molecule has 0 saturated carbocycles. The second-order valence-corrected chi connectivity index (χ2v) is 13.6. The minimum Gasteiger partial charge on any atom is -0.462 e. The third-order valence-electron chi connectivity index (χ3n) is 7.68. The number of rotatable bonds is 33. The van der Waals surface area contributed by atoms with E-state index in [0.29, 0.717) is 12.8 Å². The van der Waals surface area contributed by atoms with E-state index in [4.69, 9.17) is 14.0 Å². The largest absolute Gasteiger partial charge is 0.472 e. The maximum Gasteiger partial charge on any atom is 0.472 e. The highest BCUT2D eigenvalue weighted by Crippen LogP contribution is 2.42. The highest BCUT2D eigenvalue weighted by atomic mass is 31.2. The Morgan fingerprint density at radius 3 is 1.64 bits per heavy atom. The first-order chi connectivity index (χ1) is 21.8. The van der Waals surface area contributed by atoms with E-state index in [2.05, 4.69) is 42.7 Å². The number of esters is 2. The van der Waals surface area contributed by atoms with Gasteiger partial charge < -0.3 is 14.4 Å². The summed E-state index contributed by atoms with van der Waals surface area (Å²) in [6, 6.07) is 0. The van der Waals surface area contributed by atoms with Crippen molar-refractivity contribution in [1.29, 1.82) is 0 Å². The quantitative estimate of drug-likeness (QED) is 0.0321. The molecule has 264 valence electrons. The van der Waals surface area contributed by atoms with Crippen LogP contribution in [-0.4, -0.2) is 43.3 Å². The molecular weight excluding hydrogens is 591 g/mol. The van der Waals surface area contributed by atoms with E-state index in [1.807, 2.05) is 0 Å². The van der Waals surface area contributed by atoms with Crippen LogP contribution in [0.15, 0.2) is 24.3 Å². The summed E-state index contributed by atoms with van der Waals surface area (Å²) in [5.41, 5.74) is 0. The van der Waals surface area contributed by atoms with Crippen LogP contribution in [0, 0.1) is 0 Å². The van der Waals surface area contributed by atoms with Crippen molar-refractivity contribution < 1.29 is 37.6 Å². The molecule has 0 spiro atoms. The third kappa shape index (κ3) is 32.3. The first-order valence-electron chi connectivity index (χ1n) is 18.0. The summed E-state index contributed by atoms with van der Waals surface area (Å²) in [4.78, 5) is 34.2. The highest BCUT2D eigenvalue weighted by molar-refractivity contribution is 7.47. The Hall–Kier alpha value is -1.47. The number of phosphoric acid groups is 1. The van der Waals surface area contributed by atoms with E-state index in [9.17, 15) is 19.0 Å². The molecule has 0 aromatic rings. The monoisotopic (exact) mass is 658 g/mol. The van der Waals surface area contributed by atoms with Gasteiger partial charge in [0.15, 0.2) is 6.10 Å². The Morgan fingerprint density at radius 1 is 0.622 bits per heavy atom. The van der Waals surface area contributed by atoms with Crippen LogP contribution >= 0.6 is 7.82 Å². The normalized spacial score (nSPS) is 13.8. The Morgan fingerprint density at radius 2 is 1.11 bits per heavy atom. The lowest BCUT2D eigenvalue weighted by atomic mass is 10.0. The molecule has 2 atom stereocenters. The van der Waals surface area contributed by atoms with Gasteiger partial charge in [-0.05, 0) is 38.5 Å². The van der Waals surface area contributed by atoms with Gasteiger partial charge in [0.1, 0.15) is 6.61 Å². The smallest absolute Gasteiger partial charge is 0.462 e. The number of allylic oxidation sites excluding steroid dienone is 4. The molecule has 0 aromatic heterocycles. The van der Waals surface area contributed by atoms with Gasteiger partial charge in [-0.2, -0.15) is 0 Å². The molecule has 8 nitrogen and oxygen atoms in total. The van der Waals surface area contributed by atoms with Crippen LogP contribution in [0.1, 0.15) is 168 Å². The van der Waals surface area contributed by atoms with Crippen molar-refractivity contribution in [2.24, 2.45) is 0 Å². The van der Waals surface area contributed by atoms with Gasteiger partial charge in [-0.25, -0.2) is 4.57 Å². The number of hydrogen-bond donors (Lipinski definition) is 1. The Bertz CT molecular complexity index is 798. The molecule has 0 radical (unpaired) electrons. The third-order valence-corrected chi connectivity index (χ3v) is 8.62. The maximum atomic E-state index is 12.4. The highest BCUT2D eigenvalue weighted by Gasteiger charge is 2.24. The summed E-state index contributed by atoms with van der Waals surface area (Å²) in [6.07, 6.45) is 33.7. The molecule has 0 amide bonds. The van der Waals surface area contributed by atoms with E-state index >= 15 is 0 Å². The lowest BCUT2D eigenvalue weighted by Crippen LogP contribution is -2.29. The van der Waals surface area contributed by atoms with Crippen LogP contribution in [0.2, 0.25) is 0 Å². The van der Waals surface area contributed by atoms with Crippen LogP contribution in [-0.2, 0) is 32.7 Å². The number of carbonyl (C=O) groups is 2. The predicted octanol–water partition coefficient (Wildman–Crippen LogP) is 10.7. The van der Waals surface area contributed by atoms with Crippen molar-refractivity contribution in [3.63, 3.8) is 0 Å². The lowest BCUT2D eigenvalue weighted by Gasteiger charge is -2.19. The molecule has 2 unspecified atom stereocenters.